The molecule has 2 aromatic rings. The van der Waals surface area contributed by atoms with Crippen LogP contribution in [0.3, 0.4) is 0 Å². The van der Waals surface area contributed by atoms with Crippen molar-refractivity contribution in [3.8, 4) is 11.5 Å². The minimum Gasteiger partial charge on any atom is -0.486 e. The number of amides is 1. The second-order valence-corrected chi connectivity index (χ2v) is 5.73. The molecule has 2 aromatic carbocycles. The predicted molar refractivity (Wildman–Crippen MR) is 89.4 cm³/mol. The summed E-state index contributed by atoms with van der Waals surface area (Å²) in [6.07, 6.45) is -0.198. The third-order valence-corrected chi connectivity index (χ3v) is 4.09. The van der Waals surface area contributed by atoms with Crippen molar-refractivity contribution in [1.29, 1.82) is 0 Å². The topological polar surface area (TPSA) is 38.8 Å². The standard InChI is InChI=1S/C18H18ClNO3/c1-2-20(18(21)14-7-3-4-8-15(14)19)11-13-12-22-16-9-5-6-10-17(16)23-13/h3-10,13H,2,11-12H2,1H3/t13-/m0/s1. The third kappa shape index (κ3) is 3.42. The second kappa shape index (κ2) is 6.92. The van der Waals surface area contributed by atoms with Crippen LogP contribution in [0.25, 0.3) is 0 Å². The van der Waals surface area contributed by atoms with E-state index < -0.39 is 0 Å². The van der Waals surface area contributed by atoms with Crippen LogP contribution >= 0.6 is 11.6 Å². The Balaban J connectivity index is 1.71. The number of para-hydroxylation sites is 2. The highest BCUT2D eigenvalue weighted by molar-refractivity contribution is 6.33. The molecule has 0 unspecified atom stereocenters. The van der Waals surface area contributed by atoms with Crippen molar-refractivity contribution in [3.05, 3.63) is 59.1 Å². The van der Waals surface area contributed by atoms with Crippen molar-refractivity contribution in [3.63, 3.8) is 0 Å². The number of rotatable bonds is 4. The fourth-order valence-corrected chi connectivity index (χ4v) is 2.78. The molecule has 0 saturated carbocycles. The number of carbonyl (C=O) groups excluding carboxylic acids is 1. The van der Waals surface area contributed by atoms with Gasteiger partial charge in [0.05, 0.1) is 17.1 Å². The van der Waals surface area contributed by atoms with Gasteiger partial charge < -0.3 is 14.4 Å². The molecule has 3 rings (SSSR count). The van der Waals surface area contributed by atoms with Gasteiger partial charge >= 0.3 is 0 Å². The molecule has 0 radical (unpaired) electrons. The molecule has 1 amide bonds. The van der Waals surface area contributed by atoms with Gasteiger partial charge in [0.25, 0.3) is 5.91 Å². The van der Waals surface area contributed by atoms with Gasteiger partial charge in [-0.2, -0.15) is 0 Å². The summed E-state index contributed by atoms with van der Waals surface area (Å²) in [5.41, 5.74) is 0.508. The molecule has 1 heterocycles. The largest absolute Gasteiger partial charge is 0.486 e. The summed E-state index contributed by atoms with van der Waals surface area (Å²) in [6.45, 7) is 3.39. The van der Waals surface area contributed by atoms with Crippen molar-refractivity contribution in [2.75, 3.05) is 19.7 Å². The summed E-state index contributed by atoms with van der Waals surface area (Å²) in [7, 11) is 0. The molecule has 0 bridgehead atoms. The average molecular weight is 332 g/mol. The first kappa shape index (κ1) is 15.7. The van der Waals surface area contributed by atoms with E-state index >= 15 is 0 Å². The van der Waals surface area contributed by atoms with E-state index in [0.717, 1.165) is 5.75 Å². The number of ether oxygens (including phenoxy) is 2. The van der Waals surface area contributed by atoms with Crippen molar-refractivity contribution in [2.24, 2.45) is 0 Å². The molecule has 0 saturated heterocycles. The Bertz CT molecular complexity index is 704. The van der Waals surface area contributed by atoms with E-state index in [0.29, 0.717) is 36.0 Å². The van der Waals surface area contributed by atoms with E-state index in [1.54, 1.807) is 17.0 Å². The van der Waals surface area contributed by atoms with Gasteiger partial charge in [-0.25, -0.2) is 0 Å². The smallest absolute Gasteiger partial charge is 0.255 e. The maximum Gasteiger partial charge on any atom is 0.255 e. The molecule has 0 N–H and O–H groups in total. The van der Waals surface area contributed by atoms with Crippen molar-refractivity contribution >= 4 is 17.5 Å². The maximum absolute atomic E-state index is 12.7. The Labute approximate surface area is 140 Å². The maximum atomic E-state index is 12.7. The fraction of sp³-hybridized carbons (Fsp3) is 0.278. The van der Waals surface area contributed by atoms with Gasteiger partial charge in [0.15, 0.2) is 17.6 Å². The number of carbonyl (C=O) groups is 1. The van der Waals surface area contributed by atoms with Crippen LogP contribution in [0, 0.1) is 0 Å². The van der Waals surface area contributed by atoms with Crippen LogP contribution < -0.4 is 9.47 Å². The number of benzene rings is 2. The van der Waals surface area contributed by atoms with Crippen LogP contribution in [0.15, 0.2) is 48.5 Å². The molecular formula is C18H18ClNO3. The lowest BCUT2D eigenvalue weighted by atomic mass is 10.2. The van der Waals surface area contributed by atoms with Crippen LogP contribution in [0.1, 0.15) is 17.3 Å². The zero-order valence-corrected chi connectivity index (χ0v) is 13.6. The summed E-state index contributed by atoms with van der Waals surface area (Å²) in [4.78, 5) is 14.4. The zero-order chi connectivity index (χ0) is 16.2. The van der Waals surface area contributed by atoms with E-state index in [1.165, 1.54) is 0 Å². The normalized spacial score (nSPS) is 16.0. The molecule has 0 spiro atoms. The molecule has 0 aromatic heterocycles. The van der Waals surface area contributed by atoms with Crippen LogP contribution in [-0.2, 0) is 0 Å². The highest BCUT2D eigenvalue weighted by atomic mass is 35.5. The van der Waals surface area contributed by atoms with Crippen LogP contribution in [0.4, 0.5) is 0 Å². The molecule has 1 atom stereocenters. The zero-order valence-electron chi connectivity index (χ0n) is 12.9. The Morgan fingerprint density at radius 2 is 1.87 bits per heavy atom. The molecule has 0 fully saturated rings. The Kier molecular flexibility index (Phi) is 4.72. The Morgan fingerprint density at radius 3 is 2.61 bits per heavy atom. The molecular weight excluding hydrogens is 314 g/mol. The minimum absolute atomic E-state index is 0.0967. The molecule has 4 nitrogen and oxygen atoms in total. The Morgan fingerprint density at radius 1 is 1.17 bits per heavy atom. The first-order chi connectivity index (χ1) is 11.2. The summed E-state index contributed by atoms with van der Waals surface area (Å²) in [6, 6.07) is 14.6. The second-order valence-electron chi connectivity index (χ2n) is 5.32. The van der Waals surface area contributed by atoms with Crippen LogP contribution in [0.2, 0.25) is 5.02 Å². The number of fused-ring (bicyclic) bond motifs is 1. The van der Waals surface area contributed by atoms with E-state index in [9.17, 15) is 4.79 Å². The highest BCUT2D eigenvalue weighted by Gasteiger charge is 2.25. The summed E-state index contributed by atoms with van der Waals surface area (Å²) in [5.74, 6) is 1.36. The number of hydrogen-bond acceptors (Lipinski definition) is 3. The van der Waals surface area contributed by atoms with Gasteiger partial charge in [-0.05, 0) is 31.2 Å². The SMILES string of the molecule is CCN(C[C@H]1COc2ccccc2O1)C(=O)c1ccccc1Cl. The first-order valence-electron chi connectivity index (χ1n) is 7.61. The summed E-state index contributed by atoms with van der Waals surface area (Å²) in [5, 5.41) is 0.460. The predicted octanol–water partition coefficient (Wildman–Crippen LogP) is 3.64. The highest BCUT2D eigenvalue weighted by Crippen LogP contribution is 2.31. The van der Waals surface area contributed by atoms with Crippen molar-refractivity contribution in [2.45, 2.75) is 13.0 Å². The van der Waals surface area contributed by atoms with E-state index in [1.807, 2.05) is 43.3 Å². The minimum atomic E-state index is -0.198. The lowest BCUT2D eigenvalue weighted by Gasteiger charge is -2.31. The van der Waals surface area contributed by atoms with Crippen LogP contribution in [0.5, 0.6) is 11.5 Å². The van der Waals surface area contributed by atoms with Gasteiger partial charge in [0.2, 0.25) is 0 Å². The van der Waals surface area contributed by atoms with Gasteiger partial charge in [-0.1, -0.05) is 35.9 Å². The molecule has 120 valence electrons. The summed E-state index contributed by atoms with van der Waals surface area (Å²) >= 11 is 6.13. The molecule has 23 heavy (non-hydrogen) atoms. The first-order valence-corrected chi connectivity index (χ1v) is 7.99. The number of nitrogens with zero attached hydrogens (tertiary/aromatic N) is 1. The van der Waals surface area contributed by atoms with Gasteiger partial charge in [-0.15, -0.1) is 0 Å². The lowest BCUT2D eigenvalue weighted by molar-refractivity contribution is 0.0475. The third-order valence-electron chi connectivity index (χ3n) is 3.76. The lowest BCUT2D eigenvalue weighted by Crippen LogP contribution is -2.43. The summed E-state index contributed by atoms with van der Waals surface area (Å²) < 4.78 is 11.6. The van der Waals surface area contributed by atoms with E-state index in [2.05, 4.69) is 0 Å². The van der Waals surface area contributed by atoms with E-state index in [-0.39, 0.29) is 12.0 Å². The number of halogens is 1. The van der Waals surface area contributed by atoms with Gasteiger partial charge in [0.1, 0.15) is 6.61 Å². The average Bonchev–Trinajstić information content (AvgIpc) is 2.59. The fourth-order valence-electron chi connectivity index (χ4n) is 2.56. The molecule has 5 heteroatoms. The van der Waals surface area contributed by atoms with E-state index in [4.69, 9.17) is 21.1 Å². The monoisotopic (exact) mass is 331 g/mol. The van der Waals surface area contributed by atoms with Crippen LogP contribution in [-0.4, -0.2) is 36.6 Å². The molecule has 0 aliphatic carbocycles. The van der Waals surface area contributed by atoms with Gasteiger partial charge in [-0.3, -0.25) is 4.79 Å². The van der Waals surface area contributed by atoms with Crippen molar-refractivity contribution < 1.29 is 14.3 Å². The number of likely N-dealkylation sites (N-methyl/N-ethyl adjacent to an activating group) is 1. The van der Waals surface area contributed by atoms with Crippen molar-refractivity contribution in [1.82, 2.24) is 4.90 Å². The Hall–Kier alpha value is -2.20. The van der Waals surface area contributed by atoms with Gasteiger partial charge in [0, 0.05) is 6.54 Å². The quantitative estimate of drug-likeness (QED) is 0.858. The molecule has 1 aliphatic rings. The molecule has 1 aliphatic heterocycles. The number of hydrogen-bond donors (Lipinski definition) is 0.